The molecule has 7 heteroatoms. The molecule has 1 amide bonds. The molecule has 0 fully saturated rings. The highest BCUT2D eigenvalue weighted by molar-refractivity contribution is 6.40. The zero-order valence-electron chi connectivity index (χ0n) is 14.9. The Bertz CT molecular complexity index is 1060. The number of nitrogens with zero attached hydrogens (tertiary/aromatic N) is 1. The lowest BCUT2D eigenvalue weighted by molar-refractivity contribution is -0.137. The molecule has 28 heavy (non-hydrogen) atoms. The Morgan fingerprint density at radius 3 is 2.57 bits per heavy atom. The molecule has 3 rings (SSSR count). The average molecular weight is 415 g/mol. The van der Waals surface area contributed by atoms with Crippen molar-refractivity contribution in [1.29, 1.82) is 0 Å². The van der Waals surface area contributed by atoms with Gasteiger partial charge in [-0.2, -0.15) is 0 Å². The van der Waals surface area contributed by atoms with Crippen LogP contribution in [0.2, 0.25) is 10.0 Å². The maximum atomic E-state index is 12.6. The fourth-order valence-electron chi connectivity index (χ4n) is 2.62. The molecular formula is C21H16Cl2N2O3. The Balaban J connectivity index is 1.89. The van der Waals surface area contributed by atoms with Crippen LogP contribution in [0.1, 0.15) is 22.8 Å². The normalized spacial score (nSPS) is 11.0. The topological polar surface area (TPSA) is 68.3 Å². The molecule has 2 aromatic carbocycles. The molecule has 0 aliphatic carbocycles. The summed E-state index contributed by atoms with van der Waals surface area (Å²) in [6.07, 6.45) is 4.58. The van der Waals surface area contributed by atoms with E-state index in [9.17, 15) is 9.59 Å². The van der Waals surface area contributed by atoms with Crippen LogP contribution in [0.4, 0.5) is 5.69 Å². The van der Waals surface area contributed by atoms with Gasteiger partial charge < -0.3 is 10.1 Å². The lowest BCUT2D eigenvalue weighted by Crippen LogP contribution is -2.13. The summed E-state index contributed by atoms with van der Waals surface area (Å²) in [5.41, 5.74) is 2.07. The maximum Gasteiger partial charge on any atom is 0.330 e. The molecule has 0 aliphatic rings. The third-order valence-electron chi connectivity index (χ3n) is 3.87. The Morgan fingerprint density at radius 2 is 1.86 bits per heavy atom. The van der Waals surface area contributed by atoms with E-state index in [2.05, 4.69) is 10.3 Å². The van der Waals surface area contributed by atoms with Crippen LogP contribution >= 0.6 is 23.2 Å². The monoisotopic (exact) mass is 414 g/mol. The van der Waals surface area contributed by atoms with Crippen LogP contribution in [-0.4, -0.2) is 23.5 Å². The molecule has 0 aliphatic heterocycles. The zero-order chi connectivity index (χ0) is 20.1. The fourth-order valence-corrected chi connectivity index (χ4v) is 3.19. The van der Waals surface area contributed by atoms with E-state index in [0.717, 1.165) is 10.9 Å². The maximum absolute atomic E-state index is 12.6. The molecule has 142 valence electrons. The number of esters is 1. The molecule has 5 nitrogen and oxygen atoms in total. The predicted molar refractivity (Wildman–Crippen MR) is 112 cm³/mol. The van der Waals surface area contributed by atoms with E-state index in [-0.39, 0.29) is 15.6 Å². The highest BCUT2D eigenvalue weighted by Gasteiger charge is 2.16. The van der Waals surface area contributed by atoms with Crippen molar-refractivity contribution in [2.24, 2.45) is 0 Å². The summed E-state index contributed by atoms with van der Waals surface area (Å²) in [5, 5.41) is 4.14. The van der Waals surface area contributed by atoms with Gasteiger partial charge in [0.15, 0.2) is 0 Å². The van der Waals surface area contributed by atoms with Gasteiger partial charge in [0.2, 0.25) is 0 Å². The van der Waals surface area contributed by atoms with Crippen molar-refractivity contribution < 1.29 is 14.3 Å². The Morgan fingerprint density at radius 1 is 1.14 bits per heavy atom. The molecular weight excluding hydrogens is 399 g/mol. The van der Waals surface area contributed by atoms with E-state index in [1.807, 2.05) is 12.1 Å². The van der Waals surface area contributed by atoms with Crippen LogP contribution in [0.25, 0.3) is 17.0 Å². The number of pyridine rings is 1. The molecule has 1 heterocycles. The Hall–Kier alpha value is -2.89. The predicted octanol–water partition coefficient (Wildman–Crippen LogP) is 5.37. The number of carbonyl (C=O) groups excluding carboxylic acids is 2. The highest BCUT2D eigenvalue weighted by Crippen LogP contribution is 2.27. The SMILES string of the molecule is CCOC(=O)/C=C/c1cnc2c(NC(=O)c3c(Cl)cccc3Cl)cccc2c1. The van der Waals surface area contributed by atoms with Gasteiger partial charge in [0.25, 0.3) is 5.91 Å². The first-order valence-electron chi connectivity index (χ1n) is 8.48. The zero-order valence-corrected chi connectivity index (χ0v) is 16.4. The molecule has 0 spiro atoms. The first-order valence-corrected chi connectivity index (χ1v) is 9.24. The summed E-state index contributed by atoms with van der Waals surface area (Å²) >= 11 is 12.2. The summed E-state index contributed by atoms with van der Waals surface area (Å²) in [5.74, 6) is -0.837. The Labute approximate surface area is 171 Å². The second-order valence-electron chi connectivity index (χ2n) is 5.78. The van der Waals surface area contributed by atoms with Gasteiger partial charge in [0.05, 0.1) is 33.4 Å². The molecule has 1 N–H and O–H groups in total. The van der Waals surface area contributed by atoms with E-state index < -0.39 is 11.9 Å². The third-order valence-corrected chi connectivity index (χ3v) is 4.50. The van der Waals surface area contributed by atoms with Gasteiger partial charge in [-0.1, -0.05) is 41.4 Å². The van der Waals surface area contributed by atoms with Crippen molar-refractivity contribution in [3.63, 3.8) is 0 Å². The van der Waals surface area contributed by atoms with Gasteiger partial charge in [0.1, 0.15) is 0 Å². The summed E-state index contributed by atoms with van der Waals surface area (Å²) in [6.45, 7) is 2.06. The van der Waals surface area contributed by atoms with Gasteiger partial charge >= 0.3 is 5.97 Å². The van der Waals surface area contributed by atoms with Crippen molar-refractivity contribution in [2.75, 3.05) is 11.9 Å². The number of para-hydroxylation sites is 1. The van der Waals surface area contributed by atoms with Gasteiger partial charge in [-0.15, -0.1) is 0 Å². The van der Waals surface area contributed by atoms with Crippen molar-refractivity contribution in [3.05, 3.63) is 75.9 Å². The molecule has 0 bridgehead atoms. The second-order valence-corrected chi connectivity index (χ2v) is 6.60. The van der Waals surface area contributed by atoms with E-state index in [1.165, 1.54) is 6.08 Å². The van der Waals surface area contributed by atoms with Crippen molar-refractivity contribution in [2.45, 2.75) is 6.92 Å². The third kappa shape index (κ3) is 4.50. The minimum Gasteiger partial charge on any atom is -0.463 e. The van der Waals surface area contributed by atoms with Crippen LogP contribution in [0.15, 0.2) is 54.7 Å². The molecule has 0 radical (unpaired) electrons. The molecule has 0 saturated heterocycles. The number of nitrogens with one attached hydrogen (secondary N) is 1. The molecule has 0 saturated carbocycles. The van der Waals surface area contributed by atoms with Gasteiger partial charge in [-0.05, 0) is 42.8 Å². The summed E-state index contributed by atoms with van der Waals surface area (Å²) in [4.78, 5) is 28.5. The van der Waals surface area contributed by atoms with E-state index >= 15 is 0 Å². The number of benzene rings is 2. The molecule has 1 aromatic heterocycles. The number of anilines is 1. The number of carbonyl (C=O) groups is 2. The van der Waals surface area contributed by atoms with E-state index in [0.29, 0.717) is 17.8 Å². The van der Waals surface area contributed by atoms with Crippen molar-refractivity contribution in [1.82, 2.24) is 4.98 Å². The van der Waals surface area contributed by atoms with Gasteiger partial charge in [0, 0.05) is 17.7 Å². The number of halogens is 2. The van der Waals surface area contributed by atoms with Gasteiger partial charge in [-0.25, -0.2) is 4.79 Å². The minimum atomic E-state index is -0.420. The van der Waals surface area contributed by atoms with Crippen LogP contribution in [0.5, 0.6) is 0 Å². The van der Waals surface area contributed by atoms with Crippen LogP contribution in [0, 0.1) is 0 Å². The number of fused-ring (bicyclic) bond motifs is 1. The average Bonchev–Trinajstić information content (AvgIpc) is 2.66. The standard InChI is InChI=1S/C21H16Cl2N2O3/c1-2-28-18(26)10-9-13-11-14-5-3-8-17(20(14)24-12-13)25-21(27)19-15(22)6-4-7-16(19)23/h3-12H,2H2,1H3,(H,25,27)/b10-9+. The molecule has 3 aromatic rings. The number of amides is 1. The first kappa shape index (κ1) is 19.9. The number of rotatable bonds is 5. The minimum absolute atomic E-state index is 0.205. The largest absolute Gasteiger partial charge is 0.463 e. The fraction of sp³-hybridized carbons (Fsp3) is 0.0952. The number of hydrogen-bond donors (Lipinski definition) is 1. The lowest BCUT2D eigenvalue weighted by Gasteiger charge is -2.10. The number of aromatic nitrogens is 1. The van der Waals surface area contributed by atoms with E-state index in [4.69, 9.17) is 27.9 Å². The first-order chi connectivity index (χ1) is 13.5. The number of hydrogen-bond acceptors (Lipinski definition) is 4. The van der Waals surface area contributed by atoms with Crippen LogP contribution < -0.4 is 5.32 Å². The second kappa shape index (κ2) is 8.87. The number of ether oxygens (including phenoxy) is 1. The summed E-state index contributed by atoms with van der Waals surface area (Å²) in [7, 11) is 0. The Kier molecular flexibility index (Phi) is 6.29. The summed E-state index contributed by atoms with van der Waals surface area (Å²) in [6, 6.07) is 12.1. The molecule has 0 unspecified atom stereocenters. The quantitative estimate of drug-likeness (QED) is 0.449. The van der Waals surface area contributed by atoms with E-state index in [1.54, 1.807) is 49.5 Å². The lowest BCUT2D eigenvalue weighted by atomic mass is 10.1. The van der Waals surface area contributed by atoms with Crippen molar-refractivity contribution in [3.8, 4) is 0 Å². The highest BCUT2D eigenvalue weighted by atomic mass is 35.5. The van der Waals surface area contributed by atoms with Crippen LogP contribution in [0.3, 0.4) is 0 Å². The smallest absolute Gasteiger partial charge is 0.330 e. The molecule has 0 atom stereocenters. The van der Waals surface area contributed by atoms with Crippen LogP contribution in [-0.2, 0) is 9.53 Å². The summed E-state index contributed by atoms with van der Waals surface area (Å²) < 4.78 is 4.86. The van der Waals surface area contributed by atoms with Crippen molar-refractivity contribution >= 4 is 57.7 Å². The van der Waals surface area contributed by atoms with Gasteiger partial charge in [-0.3, -0.25) is 9.78 Å².